The molecule has 6 atom stereocenters. The summed E-state index contributed by atoms with van der Waals surface area (Å²) >= 11 is 0. The normalized spacial score (nSPS) is 41.5. The molecule has 3 rings (SSSR count). The van der Waals surface area contributed by atoms with Crippen LogP contribution in [0.2, 0.25) is 0 Å². The molecule has 0 aromatic carbocycles. The van der Waals surface area contributed by atoms with Crippen LogP contribution in [-0.2, 0) is 18.9 Å². The molecule has 0 spiro atoms. The lowest BCUT2D eigenvalue weighted by Gasteiger charge is -2.44. The molecule has 0 bridgehead atoms. The second kappa shape index (κ2) is 10.7. The summed E-state index contributed by atoms with van der Waals surface area (Å²) in [7, 11) is 5.33. The summed E-state index contributed by atoms with van der Waals surface area (Å²) in [5.74, 6) is 0. The summed E-state index contributed by atoms with van der Waals surface area (Å²) < 4.78 is 25.3. The van der Waals surface area contributed by atoms with Crippen LogP contribution in [0.5, 0.6) is 0 Å². The average Bonchev–Trinajstić information content (AvgIpc) is 3.82. The third-order valence-electron chi connectivity index (χ3n) is 10.9. The van der Waals surface area contributed by atoms with Crippen LogP contribution in [-0.4, -0.2) is 85.5 Å². The van der Waals surface area contributed by atoms with Gasteiger partial charge in [0.05, 0.1) is 48.6 Å². The van der Waals surface area contributed by atoms with Crippen LogP contribution in [0.4, 0.5) is 0 Å². The van der Waals surface area contributed by atoms with Crippen LogP contribution in [0.15, 0.2) is 0 Å². The molecule has 0 heterocycles. The molecular weight excluding hydrogens is 460 g/mol. The highest BCUT2D eigenvalue weighted by Gasteiger charge is 2.97. The van der Waals surface area contributed by atoms with Crippen molar-refractivity contribution in [1.29, 1.82) is 0 Å². The maximum atomic E-state index is 9.99. The summed E-state index contributed by atoms with van der Waals surface area (Å²) in [5, 5.41) is 30.0. The van der Waals surface area contributed by atoms with Crippen LogP contribution < -0.4 is 0 Å². The van der Waals surface area contributed by atoms with Crippen LogP contribution in [0.3, 0.4) is 0 Å². The molecule has 7 nitrogen and oxygen atoms in total. The highest BCUT2D eigenvalue weighted by atomic mass is 16.6. The minimum atomic E-state index is -1.11. The van der Waals surface area contributed by atoms with Gasteiger partial charge in [0.15, 0.2) is 0 Å². The van der Waals surface area contributed by atoms with E-state index < -0.39 is 22.2 Å². The van der Waals surface area contributed by atoms with Crippen LogP contribution in [0.1, 0.15) is 98.3 Å². The molecule has 0 aromatic rings. The van der Waals surface area contributed by atoms with Crippen molar-refractivity contribution in [3.05, 3.63) is 0 Å². The Morgan fingerprint density at radius 1 is 0.667 bits per heavy atom. The fourth-order valence-corrected chi connectivity index (χ4v) is 7.85. The van der Waals surface area contributed by atoms with Crippen molar-refractivity contribution in [2.24, 2.45) is 16.2 Å². The van der Waals surface area contributed by atoms with Crippen LogP contribution >= 0.6 is 0 Å². The molecule has 3 aliphatic rings. The quantitative estimate of drug-likeness (QED) is 0.222. The van der Waals surface area contributed by atoms with Gasteiger partial charge in [0.1, 0.15) is 5.60 Å². The minimum absolute atomic E-state index is 0.0498. The Morgan fingerprint density at radius 2 is 1.19 bits per heavy atom. The molecule has 3 aliphatic carbocycles. The van der Waals surface area contributed by atoms with Gasteiger partial charge in [-0.15, -0.1) is 0 Å². The predicted octanol–water partition coefficient (Wildman–Crippen LogP) is 4.25. The van der Waals surface area contributed by atoms with Gasteiger partial charge in [-0.1, -0.05) is 51.9 Å². The smallest absolute Gasteiger partial charge is 0.109 e. The molecule has 0 amide bonds. The van der Waals surface area contributed by atoms with Crippen LogP contribution in [0.25, 0.3) is 0 Å². The van der Waals surface area contributed by atoms with Gasteiger partial charge in [0, 0.05) is 38.6 Å². The van der Waals surface area contributed by atoms with E-state index in [2.05, 4.69) is 27.7 Å². The van der Waals surface area contributed by atoms with E-state index in [1.807, 2.05) is 7.11 Å². The standard InChI is InChI=1S/C29H54O7/c1-8-9-10-11-12-13-14-15-27(16-23(27,2)33-5)28(17-24(28,3)34-6)29(18-25(29,4)35-7)36-22-26(19-30,20-31)21-32/h30-32H,8-22H2,1-7H3. The van der Waals surface area contributed by atoms with Crippen molar-refractivity contribution in [2.75, 3.05) is 47.8 Å². The molecule has 36 heavy (non-hydrogen) atoms. The average molecular weight is 515 g/mol. The Bertz CT molecular complexity index is 735. The van der Waals surface area contributed by atoms with Crippen molar-refractivity contribution >= 4 is 0 Å². The van der Waals surface area contributed by atoms with E-state index in [4.69, 9.17) is 18.9 Å². The molecule has 3 N–H and O–H groups in total. The number of hydrogen-bond acceptors (Lipinski definition) is 7. The number of hydrogen-bond donors (Lipinski definition) is 3. The first kappa shape index (κ1) is 30.3. The monoisotopic (exact) mass is 514 g/mol. The van der Waals surface area contributed by atoms with E-state index in [0.29, 0.717) is 6.42 Å². The lowest BCUT2D eigenvalue weighted by Crippen LogP contribution is -2.52. The molecule has 0 saturated heterocycles. The van der Waals surface area contributed by atoms with Crippen molar-refractivity contribution in [1.82, 2.24) is 0 Å². The summed E-state index contributed by atoms with van der Waals surface area (Å²) in [4.78, 5) is 0. The minimum Gasteiger partial charge on any atom is -0.396 e. The number of unbranched alkanes of at least 4 members (excludes halogenated alkanes) is 6. The van der Waals surface area contributed by atoms with Gasteiger partial charge in [-0.05, 0) is 40.0 Å². The van der Waals surface area contributed by atoms with E-state index in [9.17, 15) is 15.3 Å². The topological polar surface area (TPSA) is 97.6 Å². The van der Waals surface area contributed by atoms with Gasteiger partial charge in [-0.3, -0.25) is 0 Å². The van der Waals surface area contributed by atoms with Crippen LogP contribution in [0, 0.1) is 16.2 Å². The highest BCUT2D eigenvalue weighted by Crippen LogP contribution is 2.90. The summed E-state index contributed by atoms with van der Waals surface area (Å²) in [6.07, 6.45) is 12.3. The van der Waals surface area contributed by atoms with E-state index in [1.54, 1.807) is 14.2 Å². The highest BCUT2D eigenvalue weighted by molar-refractivity contribution is 5.46. The molecule has 0 aliphatic heterocycles. The summed E-state index contributed by atoms with van der Waals surface area (Å²) in [5.41, 5.74) is -3.45. The van der Waals surface area contributed by atoms with Gasteiger partial charge in [-0.2, -0.15) is 0 Å². The Labute approximate surface area is 219 Å². The van der Waals surface area contributed by atoms with Crippen molar-refractivity contribution in [2.45, 2.75) is 121 Å². The molecule has 7 heteroatoms. The summed E-state index contributed by atoms with van der Waals surface area (Å²) in [6.45, 7) is 7.74. The lowest BCUT2D eigenvalue weighted by atomic mass is 9.70. The number of ether oxygens (including phenoxy) is 4. The van der Waals surface area contributed by atoms with Crippen molar-refractivity contribution in [3.63, 3.8) is 0 Å². The number of aliphatic hydroxyl groups is 3. The zero-order valence-corrected chi connectivity index (χ0v) is 24.1. The molecule has 3 fully saturated rings. The zero-order chi connectivity index (χ0) is 26.9. The first-order valence-electron chi connectivity index (χ1n) is 14.1. The Hall–Kier alpha value is -0.280. The lowest BCUT2D eigenvalue weighted by molar-refractivity contribution is -0.177. The molecule has 0 aromatic heterocycles. The Kier molecular flexibility index (Phi) is 9.00. The van der Waals surface area contributed by atoms with Gasteiger partial charge in [0.25, 0.3) is 0 Å². The van der Waals surface area contributed by atoms with Crippen molar-refractivity contribution in [3.8, 4) is 0 Å². The molecule has 6 unspecified atom stereocenters. The second-order valence-electron chi connectivity index (χ2n) is 12.8. The van der Waals surface area contributed by atoms with Crippen molar-refractivity contribution < 1.29 is 34.3 Å². The predicted molar refractivity (Wildman–Crippen MR) is 140 cm³/mol. The third-order valence-corrected chi connectivity index (χ3v) is 10.9. The van der Waals surface area contributed by atoms with E-state index in [-0.39, 0.29) is 42.9 Å². The van der Waals surface area contributed by atoms with E-state index >= 15 is 0 Å². The Morgan fingerprint density at radius 3 is 1.61 bits per heavy atom. The van der Waals surface area contributed by atoms with E-state index in [1.165, 1.54) is 38.5 Å². The van der Waals surface area contributed by atoms with E-state index in [0.717, 1.165) is 25.7 Å². The maximum absolute atomic E-state index is 9.99. The third kappa shape index (κ3) is 4.29. The van der Waals surface area contributed by atoms with Gasteiger partial charge < -0.3 is 34.3 Å². The SMILES string of the molecule is CCCCCCCCCC1(C2(C3(OCC(CO)(CO)CO)CC3(C)OC)CC2(C)OC)CC1(C)OC. The maximum Gasteiger partial charge on any atom is 0.109 e. The number of methoxy groups -OCH3 is 3. The van der Waals surface area contributed by atoms with Gasteiger partial charge in [0.2, 0.25) is 0 Å². The first-order chi connectivity index (χ1) is 17.0. The van der Waals surface area contributed by atoms with Gasteiger partial charge >= 0.3 is 0 Å². The largest absolute Gasteiger partial charge is 0.396 e. The first-order valence-corrected chi connectivity index (χ1v) is 14.1. The van der Waals surface area contributed by atoms with Gasteiger partial charge in [-0.25, -0.2) is 0 Å². The molecule has 0 radical (unpaired) electrons. The number of aliphatic hydroxyl groups excluding tert-OH is 3. The molecule has 3 saturated carbocycles. The fourth-order valence-electron chi connectivity index (χ4n) is 7.85. The fraction of sp³-hybridized carbons (Fsp3) is 1.00. The zero-order valence-electron chi connectivity index (χ0n) is 24.1. The summed E-state index contributed by atoms with van der Waals surface area (Å²) in [6, 6.07) is 0. The number of rotatable bonds is 19. The second-order valence-corrected chi connectivity index (χ2v) is 12.8. The Balaban J connectivity index is 1.92. The molecular formula is C29H54O7. The molecule has 212 valence electrons.